The molecule has 0 N–H and O–H groups in total. The Morgan fingerprint density at radius 3 is 1.47 bits per heavy atom. The van der Waals surface area contributed by atoms with E-state index in [1.54, 1.807) is 0 Å². The Kier molecular flexibility index (Phi) is 12.3. The Labute approximate surface area is 452 Å². The summed E-state index contributed by atoms with van der Waals surface area (Å²) in [5.74, 6) is 0. The summed E-state index contributed by atoms with van der Waals surface area (Å²) in [7, 11) is 0. The third kappa shape index (κ3) is 8.68. The molecule has 2 heteroatoms. The van der Waals surface area contributed by atoms with Crippen LogP contribution < -0.4 is 4.90 Å². The van der Waals surface area contributed by atoms with E-state index in [1.807, 2.05) is 0 Å². The summed E-state index contributed by atoms with van der Waals surface area (Å²) in [4.78, 5) is 2.47. The van der Waals surface area contributed by atoms with Gasteiger partial charge in [0, 0.05) is 44.2 Å². The van der Waals surface area contributed by atoms with Gasteiger partial charge >= 0.3 is 0 Å². The summed E-state index contributed by atoms with van der Waals surface area (Å²) < 4.78 is 2.38. The molecule has 11 aromatic carbocycles. The highest BCUT2D eigenvalue weighted by Crippen LogP contribution is 2.50. The van der Waals surface area contributed by atoms with Crippen LogP contribution in [0.2, 0.25) is 0 Å². The van der Waals surface area contributed by atoms with Crippen LogP contribution in [0.15, 0.2) is 303 Å². The van der Waals surface area contributed by atoms with Crippen LogP contribution in [0.4, 0.5) is 17.1 Å². The highest BCUT2D eigenvalue weighted by molar-refractivity contribution is 6.10. The van der Waals surface area contributed by atoms with Crippen LogP contribution >= 0.6 is 0 Å². The van der Waals surface area contributed by atoms with Crippen molar-refractivity contribution in [1.29, 1.82) is 0 Å². The fourth-order valence-corrected chi connectivity index (χ4v) is 12.0. The topological polar surface area (TPSA) is 8.17 Å². The van der Waals surface area contributed by atoms with Crippen LogP contribution in [-0.2, 0) is 10.8 Å². The molecule has 1 aliphatic carbocycles. The van der Waals surface area contributed by atoms with Gasteiger partial charge in [-0.05, 0) is 135 Å². The van der Waals surface area contributed by atoms with Crippen LogP contribution in [-0.4, -0.2) is 4.57 Å². The minimum Gasteiger partial charge on any atom is -0.310 e. The molecule has 1 unspecified atom stereocenters. The van der Waals surface area contributed by atoms with E-state index in [2.05, 4.69) is 327 Å². The first-order valence-electron chi connectivity index (χ1n) is 26.9. The van der Waals surface area contributed by atoms with Gasteiger partial charge in [-0.2, -0.15) is 0 Å². The molecule has 0 fully saturated rings. The molecule has 1 heterocycles. The van der Waals surface area contributed by atoms with Gasteiger partial charge in [0.15, 0.2) is 0 Å². The number of hydrogen-bond acceptors (Lipinski definition) is 1. The average molecular weight is 987 g/mol. The molecule has 0 saturated heterocycles. The summed E-state index contributed by atoms with van der Waals surface area (Å²) in [5.41, 5.74) is 20.6. The lowest BCUT2D eigenvalue weighted by molar-refractivity contribution is 0.600. The molecular formula is C75H58N2. The van der Waals surface area contributed by atoms with Gasteiger partial charge in [0.1, 0.15) is 0 Å². The fourth-order valence-electron chi connectivity index (χ4n) is 12.0. The zero-order valence-electron chi connectivity index (χ0n) is 43.5. The van der Waals surface area contributed by atoms with Crippen LogP contribution in [0, 0.1) is 0 Å². The second-order valence-electron chi connectivity index (χ2n) is 20.8. The molecule has 1 aliphatic rings. The van der Waals surface area contributed by atoms with Crippen molar-refractivity contribution in [3.8, 4) is 50.2 Å². The Hall–Kier alpha value is -9.50. The molecule has 12 aromatic rings. The smallest absolute Gasteiger partial charge is 0.0543 e. The molecular weight excluding hydrogens is 929 g/mol. The van der Waals surface area contributed by atoms with E-state index in [0.717, 1.165) is 45.9 Å². The largest absolute Gasteiger partial charge is 0.310 e. The summed E-state index contributed by atoms with van der Waals surface area (Å²) in [5, 5.41) is 2.48. The molecule has 2 nitrogen and oxygen atoms in total. The van der Waals surface area contributed by atoms with E-state index >= 15 is 0 Å². The van der Waals surface area contributed by atoms with E-state index in [1.165, 1.54) is 71.9 Å². The predicted octanol–water partition coefficient (Wildman–Crippen LogP) is 20.0. The highest BCUT2D eigenvalue weighted by atomic mass is 15.1. The zero-order valence-corrected chi connectivity index (χ0v) is 43.5. The molecule has 0 amide bonds. The maximum absolute atomic E-state index is 2.47. The summed E-state index contributed by atoms with van der Waals surface area (Å²) in [6.45, 7) is 4.75. The third-order valence-corrected chi connectivity index (χ3v) is 16.2. The molecule has 0 saturated carbocycles. The second kappa shape index (κ2) is 20.0. The molecule has 368 valence electrons. The first kappa shape index (κ1) is 47.2. The predicted molar refractivity (Wildman–Crippen MR) is 326 cm³/mol. The molecule has 0 radical (unpaired) electrons. The highest BCUT2D eigenvalue weighted by Gasteiger charge is 2.36. The molecule has 1 aromatic heterocycles. The van der Waals surface area contributed by atoms with Crippen molar-refractivity contribution in [2.75, 3.05) is 4.90 Å². The van der Waals surface area contributed by atoms with Crippen LogP contribution in [0.5, 0.6) is 0 Å². The van der Waals surface area contributed by atoms with Gasteiger partial charge in [-0.25, -0.2) is 0 Å². The quantitative estimate of drug-likeness (QED) is 0.111. The minimum absolute atomic E-state index is 0.0842. The van der Waals surface area contributed by atoms with Gasteiger partial charge in [0.05, 0.1) is 16.7 Å². The lowest BCUT2D eigenvalue weighted by Crippen LogP contribution is -2.27. The van der Waals surface area contributed by atoms with Crippen molar-refractivity contribution in [3.63, 3.8) is 0 Å². The van der Waals surface area contributed by atoms with Crippen LogP contribution in [0.1, 0.15) is 42.5 Å². The van der Waals surface area contributed by atoms with Gasteiger partial charge in [-0.15, -0.1) is 0 Å². The van der Waals surface area contributed by atoms with Crippen molar-refractivity contribution < 1.29 is 0 Å². The van der Waals surface area contributed by atoms with E-state index < -0.39 is 5.41 Å². The maximum Gasteiger partial charge on any atom is 0.0543 e. The van der Waals surface area contributed by atoms with E-state index in [9.17, 15) is 0 Å². The van der Waals surface area contributed by atoms with Crippen molar-refractivity contribution in [1.82, 2.24) is 4.57 Å². The van der Waals surface area contributed by atoms with E-state index in [-0.39, 0.29) is 5.41 Å². The Bertz CT molecular complexity index is 4040. The molecule has 0 spiro atoms. The van der Waals surface area contributed by atoms with Gasteiger partial charge in [-0.1, -0.05) is 250 Å². The molecule has 13 rings (SSSR count). The number of allylic oxidation sites excluding steroid dienone is 4. The SMILES string of the molecule is CC1(c2ccc(-c3c(N(c4ccc(-c5ccc(-c6ccccc6)cc5)cc4)c4ccc(-c5ccc6c(c5)c5ccccc5n6-c5ccccc5)cc4)cccc3C(C)(c3ccccc3)c3ccccc3)cc2)C=CC=CC1. The second-order valence-corrected chi connectivity index (χ2v) is 20.8. The normalized spacial score (nSPS) is 14.3. The fraction of sp³-hybridized carbons (Fsp3) is 0.0667. The number of aromatic nitrogens is 1. The number of fused-ring (bicyclic) bond motifs is 3. The molecule has 0 aliphatic heterocycles. The first-order valence-corrected chi connectivity index (χ1v) is 26.9. The molecule has 0 bridgehead atoms. The molecule has 1 atom stereocenters. The maximum atomic E-state index is 2.47. The first-order chi connectivity index (χ1) is 37.9. The number of hydrogen-bond donors (Lipinski definition) is 0. The van der Waals surface area contributed by atoms with Crippen LogP contribution in [0.3, 0.4) is 0 Å². The lowest BCUT2D eigenvalue weighted by atomic mass is 9.68. The number of para-hydroxylation sites is 2. The Morgan fingerprint density at radius 2 is 0.883 bits per heavy atom. The number of benzene rings is 11. The van der Waals surface area contributed by atoms with Crippen molar-refractivity contribution in [3.05, 3.63) is 326 Å². The zero-order chi connectivity index (χ0) is 51.8. The standard InChI is InChI=1S/C75H58N2/c1-74(51-18-7-19-52-74)61-44-37-59(38-45-61)73-69(75(2,62-23-10-4-11-24-62)63-25-12-5-13-26-63)30-20-32-72(73)76(65-46-39-57(40-47-65)56-35-33-55(34-36-56)54-21-8-3-9-22-54)66-48-41-58(42-49-66)60-43-50-71-68(53-60)67-29-16-17-31-70(67)77(71)64-27-14-6-15-28-64/h3-51,53H,52H2,1-2H3. The Balaban J connectivity index is 0.986. The Morgan fingerprint density at radius 1 is 0.403 bits per heavy atom. The average Bonchev–Trinajstić information content (AvgIpc) is 3.91. The van der Waals surface area contributed by atoms with Gasteiger partial charge in [-0.3, -0.25) is 0 Å². The van der Waals surface area contributed by atoms with Gasteiger partial charge < -0.3 is 9.47 Å². The molecule has 77 heavy (non-hydrogen) atoms. The van der Waals surface area contributed by atoms with Crippen molar-refractivity contribution >= 4 is 38.9 Å². The van der Waals surface area contributed by atoms with Gasteiger partial charge in [0.25, 0.3) is 0 Å². The number of nitrogens with zero attached hydrogens (tertiary/aromatic N) is 2. The summed E-state index contributed by atoms with van der Waals surface area (Å²) in [6.07, 6.45) is 9.94. The number of rotatable bonds is 12. The third-order valence-electron chi connectivity index (χ3n) is 16.2. The van der Waals surface area contributed by atoms with Crippen molar-refractivity contribution in [2.24, 2.45) is 0 Å². The summed E-state index contributed by atoms with van der Waals surface area (Å²) >= 11 is 0. The summed E-state index contributed by atoms with van der Waals surface area (Å²) in [6, 6.07) is 103. The van der Waals surface area contributed by atoms with Gasteiger partial charge in [0.2, 0.25) is 0 Å². The monoisotopic (exact) mass is 986 g/mol. The lowest BCUT2D eigenvalue weighted by Gasteiger charge is -2.37. The van der Waals surface area contributed by atoms with Crippen molar-refractivity contribution in [2.45, 2.75) is 31.1 Å². The minimum atomic E-state index is -0.525. The van der Waals surface area contributed by atoms with E-state index in [0.29, 0.717) is 0 Å². The number of anilines is 3. The van der Waals surface area contributed by atoms with Crippen LogP contribution in [0.25, 0.3) is 72.0 Å². The van der Waals surface area contributed by atoms with E-state index in [4.69, 9.17) is 0 Å².